The minimum atomic E-state index is -3.55. The van der Waals surface area contributed by atoms with Crippen LogP contribution in [0.4, 0.5) is 5.69 Å². The van der Waals surface area contributed by atoms with E-state index >= 15 is 0 Å². The van der Waals surface area contributed by atoms with E-state index in [0.29, 0.717) is 34.1 Å². The normalized spacial score (nSPS) is 15.5. The Morgan fingerprint density at radius 2 is 1.77 bits per heavy atom. The van der Waals surface area contributed by atoms with Crippen molar-refractivity contribution in [3.05, 3.63) is 63.6 Å². The fraction of sp³-hybridized carbons (Fsp3) is 0.333. The second kappa shape index (κ2) is 9.99. The highest BCUT2D eigenvalue weighted by atomic mass is 35.5. The van der Waals surface area contributed by atoms with E-state index in [1.54, 1.807) is 24.3 Å². The van der Waals surface area contributed by atoms with Gasteiger partial charge in [-0.3, -0.25) is 4.79 Å². The number of anilines is 1. The first-order valence-electron chi connectivity index (χ1n) is 9.61. The monoisotopic (exact) mass is 484 g/mol. The maximum Gasteiger partial charge on any atom is 0.337 e. The number of sulfonamides is 1. The SMILES string of the molecule is COC(=O)c1ccc(Cl)c(NC(=O)C2CCN(S(=O)(=O)Cc3ccccc3Cl)CC2)c1. The highest BCUT2D eigenvalue weighted by molar-refractivity contribution is 7.88. The summed E-state index contributed by atoms with van der Waals surface area (Å²) in [6, 6.07) is 11.3. The molecule has 0 spiro atoms. The number of hydrogen-bond acceptors (Lipinski definition) is 5. The number of amides is 1. The summed E-state index contributed by atoms with van der Waals surface area (Å²) >= 11 is 12.2. The van der Waals surface area contributed by atoms with Gasteiger partial charge in [-0.05, 0) is 42.7 Å². The zero-order chi connectivity index (χ0) is 22.6. The largest absolute Gasteiger partial charge is 0.465 e. The summed E-state index contributed by atoms with van der Waals surface area (Å²) in [5, 5.41) is 3.44. The van der Waals surface area contributed by atoms with Crippen LogP contribution in [0.5, 0.6) is 0 Å². The Morgan fingerprint density at radius 3 is 2.42 bits per heavy atom. The lowest BCUT2D eigenvalue weighted by Crippen LogP contribution is -2.41. The Morgan fingerprint density at radius 1 is 1.10 bits per heavy atom. The van der Waals surface area contributed by atoms with Crippen LogP contribution in [0.2, 0.25) is 10.0 Å². The molecule has 7 nitrogen and oxygen atoms in total. The maximum atomic E-state index is 12.8. The van der Waals surface area contributed by atoms with Gasteiger partial charge in [0.25, 0.3) is 0 Å². The molecule has 0 saturated carbocycles. The van der Waals surface area contributed by atoms with Crippen molar-refractivity contribution >= 4 is 50.8 Å². The molecule has 1 heterocycles. The van der Waals surface area contributed by atoms with E-state index in [-0.39, 0.29) is 36.2 Å². The molecule has 2 aromatic rings. The fourth-order valence-corrected chi connectivity index (χ4v) is 5.44. The third-order valence-electron chi connectivity index (χ3n) is 5.16. The first-order chi connectivity index (χ1) is 14.7. The molecule has 0 aliphatic carbocycles. The molecule has 1 fully saturated rings. The van der Waals surface area contributed by atoms with Crippen LogP contribution in [0, 0.1) is 5.92 Å². The van der Waals surface area contributed by atoms with Crippen LogP contribution in [-0.4, -0.2) is 44.8 Å². The zero-order valence-electron chi connectivity index (χ0n) is 16.8. The molecule has 1 aliphatic heterocycles. The third-order valence-corrected chi connectivity index (χ3v) is 7.69. The summed E-state index contributed by atoms with van der Waals surface area (Å²) in [7, 11) is -2.28. The zero-order valence-corrected chi connectivity index (χ0v) is 19.1. The molecular weight excluding hydrogens is 463 g/mol. The average Bonchev–Trinajstić information content (AvgIpc) is 2.76. The van der Waals surface area contributed by atoms with Crippen molar-refractivity contribution in [2.24, 2.45) is 5.92 Å². The molecule has 1 N–H and O–H groups in total. The summed E-state index contributed by atoms with van der Waals surface area (Å²) in [6.45, 7) is 0.474. The molecule has 0 bridgehead atoms. The first-order valence-corrected chi connectivity index (χ1v) is 12.0. The average molecular weight is 485 g/mol. The van der Waals surface area contributed by atoms with Crippen molar-refractivity contribution in [2.45, 2.75) is 18.6 Å². The number of nitrogens with one attached hydrogen (secondary N) is 1. The van der Waals surface area contributed by atoms with E-state index in [4.69, 9.17) is 23.2 Å². The standard InChI is InChI=1S/C21H22Cl2N2O5S/c1-30-21(27)15-6-7-18(23)19(12-15)24-20(26)14-8-10-25(11-9-14)31(28,29)13-16-4-2-3-5-17(16)22/h2-7,12,14H,8-11,13H2,1H3,(H,24,26). The number of benzene rings is 2. The Bertz CT molecular complexity index is 1080. The Balaban J connectivity index is 1.61. The lowest BCUT2D eigenvalue weighted by atomic mass is 9.97. The van der Waals surface area contributed by atoms with Gasteiger partial charge in [0.2, 0.25) is 15.9 Å². The third kappa shape index (κ3) is 5.77. The molecule has 31 heavy (non-hydrogen) atoms. The van der Waals surface area contributed by atoms with Gasteiger partial charge in [-0.2, -0.15) is 0 Å². The highest BCUT2D eigenvalue weighted by Gasteiger charge is 2.31. The Kier molecular flexibility index (Phi) is 7.59. The van der Waals surface area contributed by atoms with Gasteiger partial charge in [0.1, 0.15) is 0 Å². The van der Waals surface area contributed by atoms with Crippen molar-refractivity contribution < 1.29 is 22.7 Å². The number of nitrogens with zero attached hydrogens (tertiary/aromatic N) is 1. The molecule has 0 atom stereocenters. The van der Waals surface area contributed by atoms with Crippen LogP contribution in [-0.2, 0) is 25.3 Å². The Labute approximate surface area is 191 Å². The van der Waals surface area contributed by atoms with Gasteiger partial charge in [-0.25, -0.2) is 17.5 Å². The number of carbonyl (C=O) groups excluding carboxylic acids is 2. The number of esters is 1. The van der Waals surface area contributed by atoms with Gasteiger partial charge in [0, 0.05) is 24.0 Å². The van der Waals surface area contributed by atoms with Crippen molar-refractivity contribution in [3.63, 3.8) is 0 Å². The lowest BCUT2D eigenvalue weighted by Gasteiger charge is -2.30. The maximum absolute atomic E-state index is 12.8. The van der Waals surface area contributed by atoms with Crippen molar-refractivity contribution in [3.8, 4) is 0 Å². The van der Waals surface area contributed by atoms with Crippen molar-refractivity contribution in [2.75, 3.05) is 25.5 Å². The minimum absolute atomic E-state index is 0.181. The van der Waals surface area contributed by atoms with E-state index in [1.807, 2.05) is 0 Å². The predicted octanol–water partition coefficient (Wildman–Crippen LogP) is 3.96. The summed E-state index contributed by atoms with van der Waals surface area (Å²) in [4.78, 5) is 24.4. The molecule has 0 radical (unpaired) electrons. The van der Waals surface area contributed by atoms with E-state index < -0.39 is 16.0 Å². The van der Waals surface area contributed by atoms with Gasteiger partial charge in [0.05, 0.1) is 29.1 Å². The summed E-state index contributed by atoms with van der Waals surface area (Å²) in [5.74, 6) is -1.36. The minimum Gasteiger partial charge on any atom is -0.465 e. The lowest BCUT2D eigenvalue weighted by molar-refractivity contribution is -0.120. The molecular formula is C21H22Cl2N2O5S. The van der Waals surface area contributed by atoms with Crippen LogP contribution >= 0.6 is 23.2 Å². The molecule has 1 amide bonds. The van der Waals surface area contributed by atoms with Gasteiger partial charge < -0.3 is 10.1 Å². The Hall–Kier alpha value is -2.13. The number of piperidine rings is 1. The van der Waals surface area contributed by atoms with Crippen LogP contribution in [0.1, 0.15) is 28.8 Å². The van der Waals surface area contributed by atoms with Gasteiger partial charge >= 0.3 is 5.97 Å². The second-order valence-electron chi connectivity index (χ2n) is 7.20. The predicted molar refractivity (Wildman–Crippen MR) is 120 cm³/mol. The number of hydrogen-bond donors (Lipinski definition) is 1. The smallest absolute Gasteiger partial charge is 0.337 e. The molecule has 2 aromatic carbocycles. The van der Waals surface area contributed by atoms with Crippen LogP contribution < -0.4 is 5.32 Å². The highest BCUT2D eigenvalue weighted by Crippen LogP contribution is 2.27. The quantitative estimate of drug-likeness (QED) is 0.626. The molecule has 3 rings (SSSR count). The topological polar surface area (TPSA) is 92.8 Å². The molecule has 0 aromatic heterocycles. The summed E-state index contributed by atoms with van der Waals surface area (Å²) < 4.78 is 31.6. The molecule has 1 aliphatic rings. The number of halogens is 2. The van der Waals surface area contributed by atoms with Crippen LogP contribution in [0.15, 0.2) is 42.5 Å². The van der Waals surface area contributed by atoms with E-state index in [2.05, 4.69) is 10.1 Å². The number of ether oxygens (including phenoxy) is 1. The van der Waals surface area contributed by atoms with E-state index in [9.17, 15) is 18.0 Å². The van der Waals surface area contributed by atoms with Crippen LogP contribution in [0.25, 0.3) is 0 Å². The molecule has 0 unspecified atom stereocenters. The van der Waals surface area contributed by atoms with Gasteiger partial charge in [-0.15, -0.1) is 0 Å². The molecule has 166 valence electrons. The number of methoxy groups -OCH3 is 1. The van der Waals surface area contributed by atoms with E-state index in [0.717, 1.165) is 0 Å². The second-order valence-corrected chi connectivity index (χ2v) is 9.98. The van der Waals surface area contributed by atoms with Crippen LogP contribution in [0.3, 0.4) is 0 Å². The van der Waals surface area contributed by atoms with Gasteiger partial charge in [0.15, 0.2) is 0 Å². The van der Waals surface area contributed by atoms with Crippen molar-refractivity contribution in [1.82, 2.24) is 4.31 Å². The van der Waals surface area contributed by atoms with Crippen molar-refractivity contribution in [1.29, 1.82) is 0 Å². The first kappa shape index (κ1) is 23.5. The summed E-state index contributed by atoms with van der Waals surface area (Å²) in [5.41, 5.74) is 1.12. The summed E-state index contributed by atoms with van der Waals surface area (Å²) in [6.07, 6.45) is 0.754. The number of rotatable bonds is 6. The van der Waals surface area contributed by atoms with E-state index in [1.165, 1.54) is 29.6 Å². The fourth-order valence-electron chi connectivity index (χ4n) is 3.40. The molecule has 10 heteroatoms. The van der Waals surface area contributed by atoms with Gasteiger partial charge in [-0.1, -0.05) is 41.4 Å². The number of carbonyl (C=O) groups is 2. The molecule has 1 saturated heterocycles.